The molecule has 3 fully saturated rings. The molecule has 9 nitrogen and oxygen atoms in total. The molecule has 2 aromatic carbocycles. The Balaban J connectivity index is 1.01. The van der Waals surface area contributed by atoms with E-state index in [9.17, 15) is 23.1 Å². The second-order valence-corrected chi connectivity index (χ2v) is 12.3. The number of carboxylic acid groups (broad SMARTS) is 1. The van der Waals surface area contributed by atoms with Gasteiger partial charge in [0.1, 0.15) is 17.2 Å². The van der Waals surface area contributed by atoms with Gasteiger partial charge in [-0.1, -0.05) is 28.6 Å². The number of aromatic carboxylic acids is 1. The van der Waals surface area contributed by atoms with Gasteiger partial charge in [0.15, 0.2) is 5.13 Å². The Kier molecular flexibility index (Phi) is 7.06. The molecule has 13 heteroatoms. The van der Waals surface area contributed by atoms with Gasteiger partial charge in [-0.15, -0.1) is 13.2 Å². The summed E-state index contributed by atoms with van der Waals surface area (Å²) in [7, 11) is 0. The highest BCUT2D eigenvalue weighted by molar-refractivity contribution is 7.22. The van der Waals surface area contributed by atoms with Crippen LogP contribution in [-0.2, 0) is 16.1 Å². The van der Waals surface area contributed by atoms with Gasteiger partial charge in [-0.25, -0.2) is 9.78 Å². The topological polar surface area (TPSA) is 107 Å². The zero-order valence-electron chi connectivity index (χ0n) is 22.9. The second-order valence-electron chi connectivity index (χ2n) is 11.3. The minimum absolute atomic E-state index is 0.144. The summed E-state index contributed by atoms with van der Waals surface area (Å²) in [4.78, 5) is 18.2. The monoisotopic (exact) mass is 615 g/mol. The number of benzene rings is 2. The number of rotatable bonds is 8. The van der Waals surface area contributed by atoms with Crippen molar-refractivity contribution < 1.29 is 41.8 Å². The molecule has 1 aliphatic carbocycles. The third-order valence-corrected chi connectivity index (χ3v) is 9.42. The molecule has 2 aliphatic heterocycles. The Bertz CT molecular complexity index is 1660. The third kappa shape index (κ3) is 5.80. The molecule has 1 unspecified atom stereocenters. The lowest BCUT2D eigenvalue weighted by atomic mass is 9.88. The van der Waals surface area contributed by atoms with E-state index < -0.39 is 12.3 Å². The number of hydrogen-bond acceptors (Lipinski definition) is 9. The first-order chi connectivity index (χ1) is 20.7. The molecule has 1 spiro atoms. The SMILES string of the molecule is O=C(O)c1ccc2nc(N3CCC4(CC3)CC(OCc3c(-c5ccccc5OC(F)(F)F)noc3C3CC3)CO4)sc2c1. The molecule has 4 aromatic rings. The maximum absolute atomic E-state index is 13.1. The first-order valence-electron chi connectivity index (χ1n) is 14.1. The number of thiazole rings is 1. The molecule has 2 saturated heterocycles. The van der Waals surface area contributed by atoms with Crippen molar-refractivity contribution >= 4 is 32.7 Å². The highest BCUT2D eigenvalue weighted by atomic mass is 32.1. The van der Waals surface area contributed by atoms with E-state index in [0.717, 1.165) is 54.1 Å². The van der Waals surface area contributed by atoms with Gasteiger partial charge in [0.2, 0.25) is 0 Å². The molecule has 7 rings (SSSR count). The number of piperidine rings is 1. The summed E-state index contributed by atoms with van der Waals surface area (Å²) in [6.07, 6.45) is -0.865. The zero-order chi connectivity index (χ0) is 29.8. The summed E-state index contributed by atoms with van der Waals surface area (Å²) < 4.78 is 62.7. The van der Waals surface area contributed by atoms with Crippen LogP contribution in [0.4, 0.5) is 18.3 Å². The van der Waals surface area contributed by atoms with E-state index in [2.05, 4.69) is 14.8 Å². The molecule has 4 heterocycles. The lowest BCUT2D eigenvalue weighted by Crippen LogP contribution is -2.44. The Morgan fingerprint density at radius 3 is 2.70 bits per heavy atom. The number of carbonyl (C=O) groups is 1. The second kappa shape index (κ2) is 10.8. The van der Waals surface area contributed by atoms with Gasteiger partial charge >= 0.3 is 12.3 Å². The third-order valence-electron chi connectivity index (χ3n) is 8.34. The first kappa shape index (κ1) is 28.1. The maximum Gasteiger partial charge on any atom is 0.573 e. The largest absolute Gasteiger partial charge is 0.573 e. The summed E-state index contributed by atoms with van der Waals surface area (Å²) in [6, 6.07) is 10.9. The lowest BCUT2D eigenvalue weighted by Gasteiger charge is -2.38. The van der Waals surface area contributed by atoms with Gasteiger partial charge in [0.05, 0.1) is 40.7 Å². The highest BCUT2D eigenvalue weighted by Gasteiger charge is 2.44. The van der Waals surface area contributed by atoms with Gasteiger partial charge in [0.25, 0.3) is 0 Å². The summed E-state index contributed by atoms with van der Waals surface area (Å²) >= 11 is 1.49. The van der Waals surface area contributed by atoms with Crippen LogP contribution in [-0.4, -0.2) is 59.0 Å². The predicted molar refractivity (Wildman–Crippen MR) is 151 cm³/mol. The maximum atomic E-state index is 13.1. The van der Waals surface area contributed by atoms with E-state index in [1.165, 1.54) is 29.5 Å². The van der Waals surface area contributed by atoms with Crippen molar-refractivity contribution in [2.75, 3.05) is 24.6 Å². The molecule has 0 bridgehead atoms. The molecule has 0 amide bonds. The Morgan fingerprint density at radius 2 is 1.95 bits per heavy atom. The van der Waals surface area contributed by atoms with Crippen LogP contribution < -0.4 is 9.64 Å². The quantitative estimate of drug-likeness (QED) is 0.230. The van der Waals surface area contributed by atoms with Crippen LogP contribution in [0, 0.1) is 0 Å². The number of nitrogens with zero attached hydrogens (tertiary/aromatic N) is 3. The minimum Gasteiger partial charge on any atom is -0.478 e. The molecule has 0 radical (unpaired) electrons. The Morgan fingerprint density at radius 1 is 1.16 bits per heavy atom. The van der Waals surface area contributed by atoms with Crippen molar-refractivity contribution in [1.29, 1.82) is 0 Å². The van der Waals surface area contributed by atoms with Gasteiger partial charge in [-0.05, 0) is 56.0 Å². The number of carboxylic acids is 1. The average Bonchev–Trinajstić information content (AvgIpc) is 3.40. The minimum atomic E-state index is -4.84. The van der Waals surface area contributed by atoms with Crippen LogP contribution in [0.1, 0.15) is 59.7 Å². The van der Waals surface area contributed by atoms with E-state index in [-0.39, 0.29) is 41.1 Å². The number of hydrogen-bond donors (Lipinski definition) is 1. The van der Waals surface area contributed by atoms with Crippen LogP contribution in [0.15, 0.2) is 47.0 Å². The number of alkyl halides is 3. The lowest BCUT2D eigenvalue weighted by molar-refractivity contribution is -0.274. The van der Waals surface area contributed by atoms with Crippen molar-refractivity contribution in [3.63, 3.8) is 0 Å². The summed E-state index contributed by atoms with van der Waals surface area (Å²) in [5.41, 5.74) is 1.86. The van der Waals surface area contributed by atoms with Gasteiger partial charge in [0, 0.05) is 36.6 Å². The predicted octanol–water partition coefficient (Wildman–Crippen LogP) is 6.77. The van der Waals surface area contributed by atoms with Crippen molar-refractivity contribution in [2.45, 2.75) is 62.7 Å². The van der Waals surface area contributed by atoms with Crippen LogP contribution >= 0.6 is 11.3 Å². The van der Waals surface area contributed by atoms with Gasteiger partial charge in [-0.3, -0.25) is 0 Å². The zero-order valence-corrected chi connectivity index (χ0v) is 23.7. The summed E-state index contributed by atoms with van der Waals surface area (Å²) in [5, 5.41) is 14.3. The van der Waals surface area contributed by atoms with E-state index in [4.69, 9.17) is 19.0 Å². The van der Waals surface area contributed by atoms with E-state index >= 15 is 0 Å². The van der Waals surface area contributed by atoms with E-state index in [1.807, 2.05) is 0 Å². The highest BCUT2D eigenvalue weighted by Crippen LogP contribution is 2.46. The van der Waals surface area contributed by atoms with E-state index in [1.54, 1.807) is 24.3 Å². The van der Waals surface area contributed by atoms with Crippen LogP contribution in [0.25, 0.3) is 21.5 Å². The van der Waals surface area contributed by atoms with Crippen molar-refractivity contribution in [2.24, 2.45) is 0 Å². The fraction of sp³-hybridized carbons (Fsp3) is 0.433. The number of anilines is 1. The molecular formula is C30H28F3N3O6S. The fourth-order valence-electron chi connectivity index (χ4n) is 5.96. The molecule has 1 N–H and O–H groups in total. The summed E-state index contributed by atoms with van der Waals surface area (Å²) in [6.45, 7) is 2.06. The molecular weight excluding hydrogens is 587 g/mol. The Hall–Kier alpha value is -3.68. The number of ether oxygens (including phenoxy) is 3. The normalized spacial score (nSPS) is 20.3. The van der Waals surface area contributed by atoms with Crippen LogP contribution in [0.5, 0.6) is 5.75 Å². The molecule has 43 heavy (non-hydrogen) atoms. The van der Waals surface area contributed by atoms with Crippen LogP contribution in [0.3, 0.4) is 0 Å². The molecule has 1 atom stereocenters. The van der Waals surface area contributed by atoms with Gasteiger partial charge in [-0.2, -0.15) is 0 Å². The molecule has 3 aliphatic rings. The number of aromatic nitrogens is 2. The van der Waals surface area contributed by atoms with E-state index in [0.29, 0.717) is 30.0 Å². The molecule has 1 saturated carbocycles. The molecule has 226 valence electrons. The number of halogens is 3. The fourth-order valence-corrected chi connectivity index (χ4v) is 7.02. The number of fused-ring (bicyclic) bond motifs is 1. The van der Waals surface area contributed by atoms with Crippen LogP contribution in [0.2, 0.25) is 0 Å². The average molecular weight is 616 g/mol. The summed E-state index contributed by atoms with van der Waals surface area (Å²) in [5.74, 6) is -0.456. The van der Waals surface area contributed by atoms with Crippen molar-refractivity contribution in [3.8, 4) is 17.0 Å². The first-order valence-corrected chi connectivity index (χ1v) is 15.0. The smallest absolute Gasteiger partial charge is 0.478 e. The number of para-hydroxylation sites is 1. The van der Waals surface area contributed by atoms with Crippen molar-refractivity contribution in [3.05, 3.63) is 59.4 Å². The Labute approximate surface area is 248 Å². The van der Waals surface area contributed by atoms with Crippen molar-refractivity contribution in [1.82, 2.24) is 10.1 Å². The molecule has 2 aromatic heterocycles. The van der Waals surface area contributed by atoms with Gasteiger partial charge < -0.3 is 28.7 Å². The standard InChI is InChI=1S/C30H28F3N3O6S/c31-30(32,33)41-23-4-2-1-3-20(23)25-21(26(42-35-25)17-5-6-17)16-39-19-14-29(40-15-19)9-11-36(12-10-29)28-34-22-8-7-18(27(37)38)13-24(22)43-28/h1-4,7-8,13,17,19H,5-6,9-12,14-16H2,(H,37,38).